The van der Waals surface area contributed by atoms with Gasteiger partial charge in [-0.25, -0.2) is 0 Å². The van der Waals surface area contributed by atoms with Crippen LogP contribution in [0.25, 0.3) is 5.57 Å². The molecule has 3 nitrogen and oxygen atoms in total. The first-order valence-corrected chi connectivity index (χ1v) is 9.02. The summed E-state index contributed by atoms with van der Waals surface area (Å²) in [4.78, 5) is 14.7. The molecule has 0 fully saturated rings. The normalized spacial score (nSPS) is 19.0. The van der Waals surface area contributed by atoms with E-state index in [1.54, 1.807) is 29.2 Å². The van der Waals surface area contributed by atoms with E-state index in [0.717, 1.165) is 24.0 Å². The first-order valence-electron chi connectivity index (χ1n) is 8.26. The number of carbonyl (C=O) groups excluding carboxylic acids is 1. The third kappa shape index (κ3) is 2.86. The molecule has 128 valence electrons. The van der Waals surface area contributed by atoms with Gasteiger partial charge in [-0.1, -0.05) is 35.3 Å². The Kier molecular flexibility index (Phi) is 4.32. The number of hydrogen-bond acceptors (Lipinski definition) is 2. The van der Waals surface area contributed by atoms with Gasteiger partial charge in [-0.05, 0) is 65.4 Å². The molecule has 1 heterocycles. The fourth-order valence-corrected chi connectivity index (χ4v) is 4.26. The summed E-state index contributed by atoms with van der Waals surface area (Å²) in [6, 6.07) is 12.6. The molecule has 1 unspecified atom stereocenters. The Labute approximate surface area is 156 Å². The van der Waals surface area contributed by atoms with Crippen LogP contribution in [0.15, 0.2) is 48.0 Å². The summed E-state index contributed by atoms with van der Waals surface area (Å²) in [6.45, 7) is 0.480. The van der Waals surface area contributed by atoms with E-state index < -0.39 is 0 Å². The average molecular weight is 374 g/mol. The summed E-state index contributed by atoms with van der Waals surface area (Å²) in [5, 5.41) is 11.3. The minimum absolute atomic E-state index is 0.0904. The smallest absolute Gasteiger partial charge is 0.254 e. The van der Waals surface area contributed by atoms with Gasteiger partial charge in [0.1, 0.15) is 0 Å². The molecule has 0 aromatic heterocycles. The van der Waals surface area contributed by atoms with Gasteiger partial charge in [-0.3, -0.25) is 4.79 Å². The van der Waals surface area contributed by atoms with Crippen molar-refractivity contribution in [1.29, 1.82) is 0 Å². The highest BCUT2D eigenvalue weighted by Crippen LogP contribution is 2.42. The van der Waals surface area contributed by atoms with Crippen LogP contribution in [0, 0.1) is 0 Å². The molecule has 25 heavy (non-hydrogen) atoms. The maximum Gasteiger partial charge on any atom is 0.254 e. The van der Waals surface area contributed by atoms with Crippen molar-refractivity contribution in [3.8, 4) is 0 Å². The lowest BCUT2D eigenvalue weighted by atomic mass is 9.92. The van der Waals surface area contributed by atoms with Gasteiger partial charge in [0, 0.05) is 22.2 Å². The third-order valence-electron chi connectivity index (χ3n) is 5.05. The molecule has 1 aliphatic carbocycles. The molecule has 1 N–H and O–H groups in total. The van der Waals surface area contributed by atoms with Crippen molar-refractivity contribution in [3.05, 3.63) is 74.8 Å². The SMILES string of the molecule is O=C(c1cccc(Cl)c1)N1CCC2=C(Cc3ccc(Cl)cc32)C1CO. The van der Waals surface area contributed by atoms with Crippen molar-refractivity contribution in [1.82, 2.24) is 4.90 Å². The molecule has 1 amide bonds. The Hall–Kier alpha value is -1.81. The zero-order chi connectivity index (χ0) is 17.6. The number of carbonyl (C=O) groups is 1. The Balaban J connectivity index is 1.69. The molecule has 0 saturated carbocycles. The van der Waals surface area contributed by atoms with Gasteiger partial charge in [0.25, 0.3) is 5.91 Å². The maximum absolute atomic E-state index is 12.9. The minimum atomic E-state index is -0.304. The van der Waals surface area contributed by atoms with E-state index in [9.17, 15) is 9.90 Å². The Morgan fingerprint density at radius 2 is 1.96 bits per heavy atom. The second-order valence-corrected chi connectivity index (χ2v) is 7.31. The zero-order valence-electron chi connectivity index (χ0n) is 13.5. The van der Waals surface area contributed by atoms with Gasteiger partial charge in [0.05, 0.1) is 12.6 Å². The lowest BCUT2D eigenvalue weighted by molar-refractivity contribution is 0.0631. The molecule has 0 saturated heterocycles. The molecule has 1 aliphatic heterocycles. The van der Waals surface area contributed by atoms with Crippen LogP contribution in [0.1, 0.15) is 27.9 Å². The average Bonchev–Trinajstić information content (AvgIpc) is 2.98. The number of rotatable bonds is 2. The van der Waals surface area contributed by atoms with Crippen LogP contribution >= 0.6 is 23.2 Å². The van der Waals surface area contributed by atoms with Crippen molar-refractivity contribution in [2.24, 2.45) is 0 Å². The second-order valence-electron chi connectivity index (χ2n) is 6.44. The van der Waals surface area contributed by atoms with Crippen molar-refractivity contribution < 1.29 is 9.90 Å². The van der Waals surface area contributed by atoms with Crippen molar-refractivity contribution >= 4 is 34.7 Å². The van der Waals surface area contributed by atoms with Gasteiger partial charge < -0.3 is 10.0 Å². The Morgan fingerprint density at radius 3 is 2.72 bits per heavy atom. The summed E-state index contributed by atoms with van der Waals surface area (Å²) in [7, 11) is 0. The second kappa shape index (κ2) is 6.49. The topological polar surface area (TPSA) is 40.5 Å². The summed E-state index contributed by atoms with van der Waals surface area (Å²) in [5.41, 5.74) is 5.28. The van der Waals surface area contributed by atoms with Gasteiger partial charge >= 0.3 is 0 Å². The quantitative estimate of drug-likeness (QED) is 0.856. The van der Waals surface area contributed by atoms with Crippen LogP contribution in [-0.4, -0.2) is 35.1 Å². The fraction of sp³-hybridized carbons (Fsp3) is 0.250. The Bertz CT molecular complexity index is 891. The molecule has 0 bridgehead atoms. The van der Waals surface area contributed by atoms with E-state index in [1.165, 1.54) is 11.1 Å². The number of halogens is 2. The molecule has 2 aliphatic rings. The molecule has 4 rings (SSSR count). The number of amides is 1. The maximum atomic E-state index is 12.9. The van der Waals surface area contributed by atoms with Gasteiger partial charge in [-0.15, -0.1) is 0 Å². The predicted molar refractivity (Wildman–Crippen MR) is 100 cm³/mol. The number of aliphatic hydroxyl groups excluding tert-OH is 1. The first-order chi connectivity index (χ1) is 12.1. The molecule has 2 aromatic rings. The van der Waals surface area contributed by atoms with Crippen molar-refractivity contribution in [2.45, 2.75) is 18.9 Å². The van der Waals surface area contributed by atoms with E-state index in [4.69, 9.17) is 23.2 Å². The lowest BCUT2D eigenvalue weighted by Gasteiger charge is -2.36. The lowest BCUT2D eigenvalue weighted by Crippen LogP contribution is -2.46. The van der Waals surface area contributed by atoms with Crippen molar-refractivity contribution in [3.63, 3.8) is 0 Å². The number of benzene rings is 2. The molecule has 2 aromatic carbocycles. The number of fused-ring (bicyclic) bond motifs is 2. The van der Waals surface area contributed by atoms with E-state index in [0.29, 0.717) is 22.2 Å². The van der Waals surface area contributed by atoms with Gasteiger partial charge in [0.15, 0.2) is 0 Å². The molecule has 0 spiro atoms. The van der Waals surface area contributed by atoms with Crippen LogP contribution < -0.4 is 0 Å². The monoisotopic (exact) mass is 373 g/mol. The fourth-order valence-electron chi connectivity index (χ4n) is 3.90. The van der Waals surface area contributed by atoms with E-state index in [1.807, 2.05) is 18.2 Å². The van der Waals surface area contributed by atoms with Crippen LogP contribution in [-0.2, 0) is 6.42 Å². The minimum Gasteiger partial charge on any atom is -0.394 e. The van der Waals surface area contributed by atoms with Crippen LogP contribution in [0.5, 0.6) is 0 Å². The highest BCUT2D eigenvalue weighted by atomic mass is 35.5. The van der Waals surface area contributed by atoms with Crippen LogP contribution in [0.3, 0.4) is 0 Å². The number of aliphatic hydroxyl groups is 1. The highest BCUT2D eigenvalue weighted by Gasteiger charge is 2.36. The summed E-state index contributed by atoms with van der Waals surface area (Å²) < 4.78 is 0. The third-order valence-corrected chi connectivity index (χ3v) is 5.52. The zero-order valence-corrected chi connectivity index (χ0v) is 15.0. The van der Waals surface area contributed by atoms with Crippen LogP contribution in [0.2, 0.25) is 10.0 Å². The van der Waals surface area contributed by atoms with E-state index >= 15 is 0 Å². The largest absolute Gasteiger partial charge is 0.394 e. The summed E-state index contributed by atoms with van der Waals surface area (Å²) in [6.07, 6.45) is 1.53. The Morgan fingerprint density at radius 1 is 1.16 bits per heavy atom. The van der Waals surface area contributed by atoms with Crippen molar-refractivity contribution in [2.75, 3.05) is 13.2 Å². The number of hydrogen-bond donors (Lipinski definition) is 1. The molecule has 0 radical (unpaired) electrons. The van der Waals surface area contributed by atoms with Crippen LogP contribution in [0.4, 0.5) is 0 Å². The predicted octanol–water partition coefficient (Wildman–Crippen LogP) is 4.21. The van der Waals surface area contributed by atoms with Gasteiger partial charge in [0.2, 0.25) is 0 Å². The molecular formula is C20H17Cl2NO2. The standard InChI is InChI=1S/C20H17Cl2NO2/c21-14-3-1-2-13(8-14)20(25)23-7-6-16-17-10-15(22)5-4-12(17)9-18(16)19(23)11-24/h1-5,8,10,19,24H,6-7,9,11H2. The number of nitrogens with zero attached hydrogens (tertiary/aromatic N) is 1. The summed E-state index contributed by atoms with van der Waals surface area (Å²) >= 11 is 12.2. The summed E-state index contributed by atoms with van der Waals surface area (Å²) in [5.74, 6) is -0.0953. The first kappa shape index (κ1) is 16.6. The van der Waals surface area contributed by atoms with E-state index in [2.05, 4.69) is 0 Å². The highest BCUT2D eigenvalue weighted by molar-refractivity contribution is 6.31. The molecule has 5 heteroatoms. The molecule has 1 atom stereocenters. The molecular weight excluding hydrogens is 357 g/mol. The van der Waals surface area contributed by atoms with Gasteiger partial charge in [-0.2, -0.15) is 0 Å². The van der Waals surface area contributed by atoms with E-state index in [-0.39, 0.29) is 18.6 Å².